The molecule has 0 aliphatic carbocycles. The molecular formula is C28H32ClN7OS. The first kappa shape index (κ1) is 27.5. The first-order valence-electron chi connectivity index (χ1n) is 12.4. The van der Waals surface area contributed by atoms with Crippen molar-refractivity contribution in [2.45, 2.75) is 13.8 Å². The first-order valence-corrected chi connectivity index (χ1v) is 13.2. The van der Waals surface area contributed by atoms with Gasteiger partial charge in [-0.05, 0) is 55.9 Å². The van der Waals surface area contributed by atoms with E-state index in [1.54, 1.807) is 25.3 Å². The van der Waals surface area contributed by atoms with E-state index in [0.717, 1.165) is 44.1 Å². The maximum absolute atomic E-state index is 6.19. The van der Waals surface area contributed by atoms with Crippen LogP contribution in [0.25, 0.3) is 6.08 Å². The van der Waals surface area contributed by atoms with Crippen molar-refractivity contribution in [3.05, 3.63) is 82.6 Å². The number of anilines is 2. The van der Waals surface area contributed by atoms with E-state index >= 15 is 0 Å². The molecular weight excluding hydrogens is 518 g/mol. The maximum Gasteiger partial charge on any atom is 0.229 e. The first-order chi connectivity index (χ1) is 18.4. The molecule has 0 saturated carbocycles. The summed E-state index contributed by atoms with van der Waals surface area (Å²) in [5.41, 5.74) is 3.60. The zero-order valence-electron chi connectivity index (χ0n) is 21.8. The predicted molar refractivity (Wildman–Crippen MR) is 160 cm³/mol. The molecule has 0 bridgehead atoms. The van der Waals surface area contributed by atoms with Crippen LogP contribution in [-0.2, 0) is 0 Å². The van der Waals surface area contributed by atoms with Gasteiger partial charge in [0.1, 0.15) is 5.75 Å². The van der Waals surface area contributed by atoms with E-state index in [4.69, 9.17) is 33.5 Å². The van der Waals surface area contributed by atoms with Crippen LogP contribution in [0.4, 0.5) is 11.6 Å². The van der Waals surface area contributed by atoms with Crippen LogP contribution in [0.1, 0.15) is 17.0 Å². The number of aromatic nitrogens is 2. The quantitative estimate of drug-likeness (QED) is 0.245. The lowest BCUT2D eigenvalue weighted by atomic mass is 10.2. The molecule has 38 heavy (non-hydrogen) atoms. The Labute approximate surface area is 234 Å². The summed E-state index contributed by atoms with van der Waals surface area (Å²) in [6.07, 6.45) is 4.37. The van der Waals surface area contributed by atoms with Gasteiger partial charge in [0, 0.05) is 49.1 Å². The van der Waals surface area contributed by atoms with Gasteiger partial charge in [-0.3, -0.25) is 10.2 Å². The lowest BCUT2D eigenvalue weighted by Gasteiger charge is -2.35. The second kappa shape index (κ2) is 13.3. The number of halogens is 1. The number of benzene rings is 2. The van der Waals surface area contributed by atoms with E-state index in [2.05, 4.69) is 54.7 Å². The van der Waals surface area contributed by atoms with E-state index in [1.807, 2.05) is 38.1 Å². The summed E-state index contributed by atoms with van der Waals surface area (Å²) in [5.74, 6) is 1.70. The van der Waals surface area contributed by atoms with Crippen LogP contribution in [0.15, 0.2) is 65.7 Å². The van der Waals surface area contributed by atoms with Crippen LogP contribution < -0.4 is 15.4 Å². The van der Waals surface area contributed by atoms with Crippen molar-refractivity contribution in [1.82, 2.24) is 19.8 Å². The maximum atomic E-state index is 6.19. The molecule has 3 aromatic rings. The monoisotopic (exact) mass is 549 g/mol. The largest absolute Gasteiger partial charge is 0.495 e. The Kier molecular flexibility index (Phi) is 9.64. The molecule has 0 unspecified atom stereocenters. The molecule has 0 radical (unpaired) electrons. The molecule has 0 amide bonds. The molecule has 2 heterocycles. The summed E-state index contributed by atoms with van der Waals surface area (Å²) in [4.78, 5) is 18.4. The molecule has 198 valence electrons. The third-order valence-electron chi connectivity index (χ3n) is 5.96. The average Bonchev–Trinajstić information content (AvgIpc) is 2.89. The highest BCUT2D eigenvalue weighted by Gasteiger charge is 2.21. The molecule has 2 aromatic carbocycles. The van der Waals surface area contributed by atoms with Crippen LogP contribution >= 0.6 is 23.8 Å². The molecule has 1 fully saturated rings. The summed E-state index contributed by atoms with van der Waals surface area (Å²) >= 11 is 11.8. The molecule has 1 saturated heterocycles. The summed E-state index contributed by atoms with van der Waals surface area (Å²) < 4.78 is 5.43. The van der Waals surface area contributed by atoms with Crippen molar-refractivity contribution >= 4 is 52.6 Å². The number of nitrogens with one attached hydrogen (secondary N) is 2. The minimum absolute atomic E-state index is 0.269. The topological polar surface area (TPSA) is 77.9 Å². The van der Waals surface area contributed by atoms with Gasteiger partial charge in [0.05, 0.1) is 12.8 Å². The second-order valence-electron chi connectivity index (χ2n) is 8.91. The SMILES string of the molecule is COc1ccc(Cl)cc1NC(=S)/N=C(\Nc1nc(C)cc(C)n1)N1CCN(C/C=C/c2ccccc2)CC1. The van der Waals surface area contributed by atoms with E-state index in [9.17, 15) is 0 Å². The number of nitrogens with zero attached hydrogens (tertiary/aromatic N) is 5. The fraction of sp³-hybridized carbons (Fsp3) is 0.286. The van der Waals surface area contributed by atoms with Gasteiger partial charge in [-0.1, -0.05) is 54.1 Å². The van der Waals surface area contributed by atoms with Crippen LogP contribution in [0, 0.1) is 13.8 Å². The zero-order valence-corrected chi connectivity index (χ0v) is 23.4. The van der Waals surface area contributed by atoms with Crippen LogP contribution in [-0.4, -0.2) is 70.7 Å². The lowest BCUT2D eigenvalue weighted by Crippen LogP contribution is -2.51. The van der Waals surface area contributed by atoms with Gasteiger partial charge in [0.15, 0.2) is 0 Å². The summed E-state index contributed by atoms with van der Waals surface area (Å²) in [7, 11) is 1.60. The van der Waals surface area contributed by atoms with Gasteiger partial charge in [0.2, 0.25) is 17.0 Å². The van der Waals surface area contributed by atoms with Crippen molar-refractivity contribution in [1.29, 1.82) is 0 Å². The minimum Gasteiger partial charge on any atom is -0.495 e. The highest BCUT2D eigenvalue weighted by molar-refractivity contribution is 7.80. The molecule has 1 aliphatic rings. The average molecular weight is 550 g/mol. The van der Waals surface area contributed by atoms with Crippen molar-refractivity contribution in [3.63, 3.8) is 0 Å². The van der Waals surface area contributed by atoms with Gasteiger partial charge in [-0.15, -0.1) is 0 Å². The van der Waals surface area contributed by atoms with Gasteiger partial charge in [0.25, 0.3) is 0 Å². The van der Waals surface area contributed by atoms with Crippen molar-refractivity contribution < 1.29 is 4.74 Å². The molecule has 4 rings (SSSR count). The van der Waals surface area contributed by atoms with Gasteiger partial charge in [-0.25, -0.2) is 9.97 Å². The van der Waals surface area contributed by atoms with Gasteiger partial charge >= 0.3 is 0 Å². The summed E-state index contributed by atoms with van der Waals surface area (Å²) in [6.45, 7) is 8.09. The third-order valence-corrected chi connectivity index (χ3v) is 6.39. The van der Waals surface area contributed by atoms with Crippen molar-refractivity contribution in [2.75, 3.05) is 50.5 Å². The number of thiocarbonyl (C=S) groups is 1. The van der Waals surface area contributed by atoms with Crippen LogP contribution in [0.5, 0.6) is 5.75 Å². The standard InChI is InChI=1S/C28H32ClN7OS/c1-20-18-21(2)31-26(30-20)33-27(34-28(38)32-24-19-23(29)11-12-25(24)37-3)36-16-14-35(15-17-36)13-7-10-22-8-5-4-6-9-22/h4-12,18-19H,13-17H2,1-3H3,(H2,30,31,32,33,34,38)/b10-7+. The highest BCUT2D eigenvalue weighted by atomic mass is 35.5. The van der Waals surface area contributed by atoms with Crippen LogP contribution in [0.3, 0.4) is 0 Å². The smallest absolute Gasteiger partial charge is 0.229 e. The number of piperazine rings is 1. The Bertz CT molecular complexity index is 1290. The fourth-order valence-corrected chi connectivity index (χ4v) is 4.49. The number of aryl methyl sites for hydroxylation is 2. The predicted octanol–water partition coefficient (Wildman–Crippen LogP) is 5.25. The van der Waals surface area contributed by atoms with E-state index in [-0.39, 0.29) is 5.11 Å². The van der Waals surface area contributed by atoms with Crippen LogP contribution in [0.2, 0.25) is 5.02 Å². The van der Waals surface area contributed by atoms with Crippen molar-refractivity contribution in [2.24, 2.45) is 4.99 Å². The Hall–Kier alpha value is -3.53. The molecule has 1 aliphatic heterocycles. The molecule has 8 nitrogen and oxygen atoms in total. The Morgan fingerprint density at radius 3 is 2.42 bits per heavy atom. The Morgan fingerprint density at radius 2 is 1.74 bits per heavy atom. The van der Waals surface area contributed by atoms with Gasteiger partial charge < -0.3 is 15.0 Å². The van der Waals surface area contributed by atoms with E-state index < -0.39 is 0 Å². The number of hydrogen-bond acceptors (Lipinski definition) is 5. The number of ether oxygens (including phenoxy) is 1. The normalized spacial score (nSPS) is 14.5. The highest BCUT2D eigenvalue weighted by Crippen LogP contribution is 2.27. The van der Waals surface area contributed by atoms with Gasteiger partial charge in [-0.2, -0.15) is 4.99 Å². The lowest BCUT2D eigenvalue weighted by molar-refractivity contribution is 0.198. The molecule has 10 heteroatoms. The number of rotatable bonds is 6. The summed E-state index contributed by atoms with van der Waals surface area (Å²) in [6, 6.07) is 17.6. The van der Waals surface area contributed by atoms with E-state index in [1.165, 1.54) is 5.56 Å². The second-order valence-corrected chi connectivity index (χ2v) is 9.73. The number of aliphatic imine (C=N–C) groups is 1. The molecule has 1 aromatic heterocycles. The number of hydrogen-bond donors (Lipinski definition) is 2. The molecule has 0 spiro atoms. The zero-order chi connectivity index (χ0) is 26.9. The minimum atomic E-state index is 0.269. The molecule has 2 N–H and O–H groups in total. The Morgan fingerprint density at radius 1 is 1.03 bits per heavy atom. The summed E-state index contributed by atoms with van der Waals surface area (Å²) in [5, 5.41) is 7.28. The Balaban J connectivity index is 1.47. The number of methoxy groups -OCH3 is 1. The number of guanidine groups is 1. The van der Waals surface area contributed by atoms with E-state index in [0.29, 0.717) is 28.4 Å². The molecule has 0 atom stereocenters. The fourth-order valence-electron chi connectivity index (χ4n) is 4.12. The third kappa shape index (κ3) is 7.98. The van der Waals surface area contributed by atoms with Crippen molar-refractivity contribution in [3.8, 4) is 5.75 Å².